The molecule has 3 aromatic rings. The maximum Gasteiger partial charge on any atom is 0.169 e. The maximum absolute atomic E-state index is 9.83. The van der Waals surface area contributed by atoms with Crippen LogP contribution in [0.15, 0.2) is 53.7 Å². The Kier molecular flexibility index (Phi) is 5.96. The molecule has 0 amide bonds. The molecule has 0 unspecified atom stereocenters. The average molecular weight is 358 g/mol. The Morgan fingerprint density at radius 1 is 1.20 bits per heavy atom. The summed E-state index contributed by atoms with van der Waals surface area (Å²) in [7, 11) is 0. The van der Waals surface area contributed by atoms with Crippen molar-refractivity contribution in [1.82, 2.24) is 9.55 Å². The quantitative estimate of drug-likeness (QED) is 0.479. The normalized spacial score (nSPS) is 12.4. The van der Waals surface area contributed by atoms with E-state index in [0.717, 1.165) is 27.7 Å². The Morgan fingerprint density at radius 2 is 2.04 bits per heavy atom. The fourth-order valence-corrected chi connectivity index (χ4v) is 3.45. The second-order valence-corrected chi connectivity index (χ2v) is 6.91. The molecule has 1 heterocycles. The second kappa shape index (κ2) is 8.38. The lowest BCUT2D eigenvalue weighted by Gasteiger charge is -2.12. The minimum atomic E-state index is -0.805. The number of rotatable bonds is 8. The van der Waals surface area contributed by atoms with Crippen molar-refractivity contribution < 1.29 is 14.9 Å². The maximum atomic E-state index is 9.83. The van der Waals surface area contributed by atoms with Crippen molar-refractivity contribution in [2.24, 2.45) is 0 Å². The van der Waals surface area contributed by atoms with Gasteiger partial charge in [0.15, 0.2) is 5.16 Å². The Balaban J connectivity index is 1.67. The highest BCUT2D eigenvalue weighted by atomic mass is 32.2. The van der Waals surface area contributed by atoms with E-state index in [1.165, 1.54) is 5.56 Å². The van der Waals surface area contributed by atoms with E-state index in [4.69, 9.17) is 9.84 Å². The van der Waals surface area contributed by atoms with Crippen LogP contribution in [0.25, 0.3) is 11.0 Å². The van der Waals surface area contributed by atoms with E-state index in [1.54, 1.807) is 11.8 Å². The molecule has 0 saturated heterocycles. The molecule has 0 aliphatic heterocycles. The molecule has 0 radical (unpaired) electrons. The summed E-state index contributed by atoms with van der Waals surface area (Å²) in [4.78, 5) is 4.64. The van der Waals surface area contributed by atoms with Crippen molar-refractivity contribution in [3.63, 3.8) is 0 Å². The topological polar surface area (TPSA) is 67.5 Å². The van der Waals surface area contributed by atoms with Crippen LogP contribution in [-0.4, -0.2) is 44.8 Å². The zero-order valence-corrected chi connectivity index (χ0v) is 14.9. The van der Waals surface area contributed by atoms with Gasteiger partial charge in [0.1, 0.15) is 5.75 Å². The number of aliphatic hydroxyl groups is 2. The first-order valence-electron chi connectivity index (χ1n) is 8.24. The van der Waals surface area contributed by atoms with E-state index in [-0.39, 0.29) is 6.61 Å². The van der Waals surface area contributed by atoms with Gasteiger partial charge in [-0.05, 0) is 36.8 Å². The monoisotopic (exact) mass is 358 g/mol. The fraction of sp³-hybridized carbons (Fsp3) is 0.316. The molecule has 1 aromatic heterocycles. The van der Waals surface area contributed by atoms with Gasteiger partial charge >= 0.3 is 0 Å². The van der Waals surface area contributed by atoms with Gasteiger partial charge in [-0.15, -0.1) is 0 Å². The van der Waals surface area contributed by atoms with Crippen LogP contribution in [0, 0.1) is 6.92 Å². The van der Waals surface area contributed by atoms with Crippen LogP contribution in [0.3, 0.4) is 0 Å². The smallest absolute Gasteiger partial charge is 0.169 e. The lowest BCUT2D eigenvalue weighted by atomic mass is 10.2. The lowest BCUT2D eigenvalue weighted by Crippen LogP contribution is -2.20. The van der Waals surface area contributed by atoms with Crippen molar-refractivity contribution >= 4 is 22.8 Å². The van der Waals surface area contributed by atoms with Gasteiger partial charge in [-0.3, -0.25) is 0 Å². The van der Waals surface area contributed by atoms with Crippen LogP contribution in [0.2, 0.25) is 0 Å². The van der Waals surface area contributed by atoms with E-state index in [1.807, 2.05) is 60.0 Å². The van der Waals surface area contributed by atoms with E-state index in [9.17, 15) is 5.11 Å². The zero-order chi connectivity index (χ0) is 17.6. The summed E-state index contributed by atoms with van der Waals surface area (Å²) >= 11 is 1.58. The summed E-state index contributed by atoms with van der Waals surface area (Å²) in [6.07, 6.45) is -0.805. The Hall–Kier alpha value is -2.02. The third-order valence-electron chi connectivity index (χ3n) is 3.80. The van der Waals surface area contributed by atoms with Crippen LogP contribution in [0.1, 0.15) is 5.56 Å². The minimum absolute atomic E-state index is 0.271. The summed E-state index contributed by atoms with van der Waals surface area (Å²) < 4.78 is 7.73. The second-order valence-electron chi connectivity index (χ2n) is 5.84. The van der Waals surface area contributed by atoms with E-state index >= 15 is 0 Å². The first kappa shape index (κ1) is 17.8. The number of aromatic nitrogens is 2. The predicted octanol–water partition coefficient (Wildman–Crippen LogP) is 2.87. The van der Waals surface area contributed by atoms with Crippen molar-refractivity contribution in [3.05, 3.63) is 54.1 Å². The van der Waals surface area contributed by atoms with E-state index in [0.29, 0.717) is 13.2 Å². The van der Waals surface area contributed by atoms with Gasteiger partial charge in [0.2, 0.25) is 0 Å². The molecule has 2 aromatic carbocycles. The third kappa shape index (κ3) is 4.54. The van der Waals surface area contributed by atoms with Crippen molar-refractivity contribution in [2.45, 2.75) is 24.7 Å². The zero-order valence-electron chi connectivity index (χ0n) is 14.1. The van der Waals surface area contributed by atoms with E-state index in [2.05, 4.69) is 4.98 Å². The number of fused-ring (bicyclic) bond motifs is 1. The van der Waals surface area contributed by atoms with Crippen molar-refractivity contribution in [2.75, 3.05) is 19.0 Å². The Morgan fingerprint density at radius 3 is 2.84 bits per heavy atom. The molecule has 0 aliphatic rings. The molecule has 0 aliphatic carbocycles. The molecular weight excluding hydrogens is 336 g/mol. The van der Waals surface area contributed by atoms with Gasteiger partial charge < -0.3 is 19.5 Å². The predicted molar refractivity (Wildman–Crippen MR) is 100 cm³/mol. The lowest BCUT2D eigenvalue weighted by molar-refractivity contribution is 0.0802. The molecule has 2 N–H and O–H groups in total. The minimum Gasteiger partial charge on any atom is -0.493 e. The molecule has 5 nitrogen and oxygen atoms in total. The number of hydrogen-bond donors (Lipinski definition) is 2. The Labute approximate surface area is 151 Å². The molecule has 0 saturated carbocycles. The van der Waals surface area contributed by atoms with Gasteiger partial charge in [0.25, 0.3) is 0 Å². The number of aliphatic hydroxyl groups excluding tert-OH is 2. The van der Waals surface area contributed by atoms with Crippen LogP contribution in [0.4, 0.5) is 0 Å². The summed E-state index contributed by atoms with van der Waals surface area (Å²) in [5.41, 5.74) is 3.01. The number of thioether (sulfide) groups is 1. The fourth-order valence-electron chi connectivity index (χ4n) is 2.61. The highest BCUT2D eigenvalue weighted by Crippen LogP contribution is 2.24. The van der Waals surface area contributed by atoms with E-state index < -0.39 is 6.10 Å². The average Bonchev–Trinajstić information content (AvgIpc) is 2.96. The highest BCUT2D eigenvalue weighted by molar-refractivity contribution is 7.99. The molecule has 0 spiro atoms. The number of nitrogens with zero attached hydrogens (tertiary/aromatic N) is 2. The summed E-state index contributed by atoms with van der Waals surface area (Å²) in [5.74, 6) is 1.61. The van der Waals surface area contributed by atoms with Crippen LogP contribution in [-0.2, 0) is 6.54 Å². The Bertz CT molecular complexity index is 834. The highest BCUT2D eigenvalue weighted by Gasteiger charge is 2.14. The first-order valence-corrected chi connectivity index (χ1v) is 9.22. The standard InChI is InChI=1S/C19H22N2O3S/c1-14-5-4-6-16(11-14)24-9-10-25-19-20-17-7-2-3-8-18(17)21(19)12-15(23)13-22/h2-8,11,15,22-23H,9-10,12-13H2,1H3/t15-/m1/s1. The molecule has 132 valence electrons. The number of hydrogen-bond acceptors (Lipinski definition) is 5. The SMILES string of the molecule is Cc1cccc(OCCSc2nc3ccccc3n2C[C@@H](O)CO)c1. The first-order chi connectivity index (χ1) is 12.2. The summed E-state index contributed by atoms with van der Waals surface area (Å²) in [6, 6.07) is 15.8. The molecule has 6 heteroatoms. The number of ether oxygens (including phenoxy) is 1. The molecule has 0 bridgehead atoms. The van der Waals surface area contributed by atoms with Gasteiger partial charge in [0, 0.05) is 5.75 Å². The number of imidazole rings is 1. The largest absolute Gasteiger partial charge is 0.493 e. The number of para-hydroxylation sites is 2. The molecule has 3 rings (SSSR count). The van der Waals surface area contributed by atoms with Crippen molar-refractivity contribution in [1.29, 1.82) is 0 Å². The van der Waals surface area contributed by atoms with Gasteiger partial charge in [-0.25, -0.2) is 4.98 Å². The summed E-state index contributed by atoms with van der Waals surface area (Å²) in [6.45, 7) is 2.65. The van der Waals surface area contributed by atoms with Crippen molar-refractivity contribution in [3.8, 4) is 5.75 Å². The molecule has 0 fully saturated rings. The molecule has 25 heavy (non-hydrogen) atoms. The molecule has 1 atom stereocenters. The van der Waals surface area contributed by atoms with Gasteiger partial charge in [-0.1, -0.05) is 36.0 Å². The van der Waals surface area contributed by atoms with Gasteiger partial charge in [0.05, 0.1) is 36.9 Å². The summed E-state index contributed by atoms with van der Waals surface area (Å²) in [5, 5.41) is 19.8. The number of benzene rings is 2. The van der Waals surface area contributed by atoms with Crippen LogP contribution < -0.4 is 4.74 Å². The number of aryl methyl sites for hydroxylation is 1. The van der Waals surface area contributed by atoms with Gasteiger partial charge in [-0.2, -0.15) is 0 Å². The van der Waals surface area contributed by atoms with Crippen LogP contribution >= 0.6 is 11.8 Å². The third-order valence-corrected chi connectivity index (χ3v) is 4.74. The van der Waals surface area contributed by atoms with Crippen LogP contribution in [0.5, 0.6) is 5.75 Å². The molecular formula is C19H22N2O3S.